The zero-order valence-corrected chi connectivity index (χ0v) is 17.9. The average molecular weight is 422 g/mol. The first-order valence-electron chi connectivity index (χ1n) is 10.1. The summed E-state index contributed by atoms with van der Waals surface area (Å²) in [5.41, 5.74) is 1.04. The Balaban J connectivity index is 1.86. The van der Waals surface area contributed by atoms with E-state index in [9.17, 15) is 9.59 Å². The molecule has 0 radical (unpaired) electrons. The number of rotatable bonds is 9. The van der Waals surface area contributed by atoms with Gasteiger partial charge in [-0.05, 0) is 38.1 Å². The third-order valence-corrected chi connectivity index (χ3v) is 4.74. The van der Waals surface area contributed by atoms with E-state index in [1.807, 2.05) is 50.2 Å². The van der Waals surface area contributed by atoms with Gasteiger partial charge in [-0.2, -0.15) is 5.10 Å². The first kappa shape index (κ1) is 21.9. The van der Waals surface area contributed by atoms with Crippen LogP contribution in [0.2, 0.25) is 0 Å². The number of para-hydroxylation sites is 3. The third-order valence-electron chi connectivity index (χ3n) is 4.74. The molecule has 31 heavy (non-hydrogen) atoms. The fourth-order valence-corrected chi connectivity index (χ4v) is 3.12. The monoisotopic (exact) mass is 422 g/mol. The van der Waals surface area contributed by atoms with Crippen molar-refractivity contribution in [2.45, 2.75) is 13.8 Å². The van der Waals surface area contributed by atoms with Crippen LogP contribution in [0, 0.1) is 0 Å². The molecule has 2 amide bonds. The van der Waals surface area contributed by atoms with E-state index < -0.39 is 5.91 Å². The molecular formula is C23H26N4O4. The number of aromatic nitrogens is 2. The Hall–Kier alpha value is -3.81. The van der Waals surface area contributed by atoms with Crippen LogP contribution in [0.5, 0.6) is 11.5 Å². The Bertz CT molecular complexity index is 1030. The molecule has 0 fully saturated rings. The Labute approximate surface area is 181 Å². The lowest BCUT2D eigenvalue weighted by Crippen LogP contribution is -2.31. The van der Waals surface area contributed by atoms with Crippen molar-refractivity contribution in [1.29, 1.82) is 0 Å². The van der Waals surface area contributed by atoms with Crippen molar-refractivity contribution < 1.29 is 19.1 Å². The second-order valence-electron chi connectivity index (χ2n) is 6.62. The molecule has 1 aromatic heterocycles. The molecule has 0 atom stereocenters. The lowest BCUT2D eigenvalue weighted by Gasteiger charge is -2.19. The first-order valence-corrected chi connectivity index (χ1v) is 10.1. The molecule has 0 bridgehead atoms. The summed E-state index contributed by atoms with van der Waals surface area (Å²) in [6, 6.07) is 16.4. The molecule has 0 spiro atoms. The minimum Gasteiger partial charge on any atom is -0.493 e. The SMILES string of the molecule is CCN(CC)C(=O)c1cnn(-c2ccccc2)c1NC(=O)COc1ccccc1OC. The Morgan fingerprint density at radius 3 is 2.29 bits per heavy atom. The molecule has 8 heteroatoms. The molecule has 0 aliphatic carbocycles. The highest BCUT2D eigenvalue weighted by Gasteiger charge is 2.23. The molecule has 1 heterocycles. The van der Waals surface area contributed by atoms with Crippen molar-refractivity contribution >= 4 is 17.6 Å². The van der Waals surface area contributed by atoms with E-state index in [-0.39, 0.29) is 12.5 Å². The van der Waals surface area contributed by atoms with Crippen LogP contribution in [-0.2, 0) is 4.79 Å². The topological polar surface area (TPSA) is 85.7 Å². The van der Waals surface area contributed by atoms with Gasteiger partial charge in [0.05, 0.1) is 19.0 Å². The number of carbonyl (C=O) groups excluding carboxylic acids is 2. The van der Waals surface area contributed by atoms with E-state index in [0.717, 1.165) is 5.69 Å². The summed E-state index contributed by atoms with van der Waals surface area (Å²) in [5, 5.41) is 7.15. The van der Waals surface area contributed by atoms with Gasteiger partial charge in [-0.3, -0.25) is 9.59 Å². The predicted molar refractivity (Wildman–Crippen MR) is 118 cm³/mol. The van der Waals surface area contributed by atoms with E-state index in [2.05, 4.69) is 10.4 Å². The molecule has 0 saturated carbocycles. The molecule has 3 aromatic rings. The Kier molecular flexibility index (Phi) is 7.26. The molecular weight excluding hydrogens is 396 g/mol. The Morgan fingerprint density at radius 1 is 1.00 bits per heavy atom. The summed E-state index contributed by atoms with van der Waals surface area (Å²) in [6.07, 6.45) is 1.48. The highest BCUT2D eigenvalue weighted by atomic mass is 16.5. The largest absolute Gasteiger partial charge is 0.493 e. The van der Waals surface area contributed by atoms with Gasteiger partial charge in [0.15, 0.2) is 18.1 Å². The molecule has 162 valence electrons. The summed E-state index contributed by atoms with van der Waals surface area (Å²) in [5.74, 6) is 0.667. The van der Waals surface area contributed by atoms with Crippen LogP contribution >= 0.6 is 0 Å². The zero-order valence-electron chi connectivity index (χ0n) is 17.9. The van der Waals surface area contributed by atoms with Crippen LogP contribution in [0.4, 0.5) is 5.82 Å². The maximum Gasteiger partial charge on any atom is 0.263 e. The number of hydrogen-bond donors (Lipinski definition) is 1. The van der Waals surface area contributed by atoms with Gasteiger partial charge < -0.3 is 19.7 Å². The lowest BCUT2D eigenvalue weighted by molar-refractivity contribution is -0.118. The summed E-state index contributed by atoms with van der Waals surface area (Å²) < 4.78 is 12.4. The maximum absolute atomic E-state index is 13.0. The van der Waals surface area contributed by atoms with Gasteiger partial charge >= 0.3 is 0 Å². The van der Waals surface area contributed by atoms with Crippen LogP contribution in [0.15, 0.2) is 60.8 Å². The van der Waals surface area contributed by atoms with Crippen molar-refractivity contribution in [3.05, 3.63) is 66.4 Å². The molecule has 1 N–H and O–H groups in total. The minimum absolute atomic E-state index is 0.201. The fraction of sp³-hybridized carbons (Fsp3) is 0.261. The van der Waals surface area contributed by atoms with Crippen LogP contribution < -0.4 is 14.8 Å². The lowest BCUT2D eigenvalue weighted by atomic mass is 10.2. The van der Waals surface area contributed by atoms with Gasteiger partial charge in [-0.25, -0.2) is 4.68 Å². The van der Waals surface area contributed by atoms with Gasteiger partial charge in [0.2, 0.25) is 0 Å². The number of hydrogen-bond acceptors (Lipinski definition) is 5. The number of carbonyl (C=O) groups is 2. The van der Waals surface area contributed by atoms with Gasteiger partial charge in [0, 0.05) is 13.1 Å². The third kappa shape index (κ3) is 5.03. The standard InChI is InChI=1S/C23H26N4O4/c1-4-26(5-2)23(29)18-15-24-27(17-11-7-6-8-12-17)22(18)25-21(28)16-31-20-14-10-9-13-19(20)30-3/h6-15H,4-5,16H2,1-3H3,(H,25,28). The predicted octanol–water partition coefficient (Wildman–Crippen LogP) is 3.38. The molecule has 3 rings (SSSR count). The van der Waals surface area contributed by atoms with E-state index >= 15 is 0 Å². The minimum atomic E-state index is -0.419. The van der Waals surface area contributed by atoms with Crippen LogP contribution in [0.1, 0.15) is 24.2 Å². The molecule has 0 unspecified atom stereocenters. The second-order valence-corrected chi connectivity index (χ2v) is 6.62. The van der Waals surface area contributed by atoms with Crippen LogP contribution in [-0.4, -0.2) is 53.3 Å². The van der Waals surface area contributed by atoms with Gasteiger partial charge in [0.25, 0.3) is 11.8 Å². The van der Waals surface area contributed by atoms with E-state index in [1.165, 1.54) is 18.0 Å². The normalized spacial score (nSPS) is 10.4. The zero-order chi connectivity index (χ0) is 22.2. The average Bonchev–Trinajstić information content (AvgIpc) is 3.22. The number of amides is 2. The molecule has 0 saturated heterocycles. The number of nitrogens with one attached hydrogen (secondary N) is 1. The van der Waals surface area contributed by atoms with Gasteiger partial charge in [-0.1, -0.05) is 30.3 Å². The summed E-state index contributed by atoms with van der Waals surface area (Å²) in [7, 11) is 1.53. The first-order chi connectivity index (χ1) is 15.1. The Morgan fingerprint density at radius 2 is 1.65 bits per heavy atom. The number of nitrogens with zero attached hydrogens (tertiary/aromatic N) is 3. The van der Waals surface area contributed by atoms with Crippen molar-refractivity contribution in [3.63, 3.8) is 0 Å². The smallest absolute Gasteiger partial charge is 0.263 e. The highest BCUT2D eigenvalue weighted by molar-refractivity contribution is 6.03. The quantitative estimate of drug-likeness (QED) is 0.571. The fourth-order valence-electron chi connectivity index (χ4n) is 3.12. The number of anilines is 1. The van der Waals surface area contributed by atoms with Crippen LogP contribution in [0.25, 0.3) is 5.69 Å². The molecule has 0 aliphatic heterocycles. The van der Waals surface area contributed by atoms with Gasteiger partial charge in [0.1, 0.15) is 11.4 Å². The van der Waals surface area contributed by atoms with Gasteiger partial charge in [-0.15, -0.1) is 0 Å². The van der Waals surface area contributed by atoms with E-state index in [4.69, 9.17) is 9.47 Å². The van der Waals surface area contributed by atoms with Crippen molar-refractivity contribution in [2.75, 3.05) is 32.1 Å². The number of benzene rings is 2. The van der Waals surface area contributed by atoms with E-state index in [1.54, 1.807) is 23.1 Å². The highest BCUT2D eigenvalue weighted by Crippen LogP contribution is 2.26. The summed E-state index contributed by atoms with van der Waals surface area (Å²) >= 11 is 0. The molecule has 2 aromatic carbocycles. The van der Waals surface area contributed by atoms with Crippen molar-refractivity contribution in [2.24, 2.45) is 0 Å². The van der Waals surface area contributed by atoms with Crippen LogP contribution in [0.3, 0.4) is 0 Å². The van der Waals surface area contributed by atoms with E-state index in [0.29, 0.717) is 36.0 Å². The molecule has 8 nitrogen and oxygen atoms in total. The summed E-state index contributed by atoms with van der Waals surface area (Å²) in [6.45, 7) is 4.66. The van der Waals surface area contributed by atoms with Crippen molar-refractivity contribution in [1.82, 2.24) is 14.7 Å². The number of methoxy groups -OCH3 is 1. The number of ether oxygens (including phenoxy) is 2. The molecule has 0 aliphatic rings. The maximum atomic E-state index is 13.0. The second kappa shape index (κ2) is 10.3. The summed E-state index contributed by atoms with van der Waals surface area (Å²) in [4.78, 5) is 27.4. The van der Waals surface area contributed by atoms with Crippen molar-refractivity contribution in [3.8, 4) is 17.2 Å².